The molecule has 22 heavy (non-hydrogen) atoms. The standard InChI is InChI=1S/C16H20N4O2/c1-16(2,4-5-18-3)15(21)20-6-7-22-14-12(8-17)9-19-10-13(14)11-20/h5,9-10H,4,6-7,11H2,1-3H3. The first-order chi connectivity index (χ1) is 10.5. The molecule has 1 amide bonds. The summed E-state index contributed by atoms with van der Waals surface area (Å²) in [4.78, 5) is 22.5. The van der Waals surface area contributed by atoms with Crippen molar-refractivity contribution in [1.82, 2.24) is 9.88 Å². The van der Waals surface area contributed by atoms with Gasteiger partial charge in [-0.3, -0.25) is 9.78 Å². The molecule has 0 saturated heterocycles. The first kappa shape index (κ1) is 16.0. The highest BCUT2D eigenvalue weighted by molar-refractivity contribution is 5.85. The van der Waals surface area contributed by atoms with E-state index in [1.54, 1.807) is 24.4 Å². The minimum atomic E-state index is -0.524. The molecule has 0 aliphatic carbocycles. The molecule has 0 spiro atoms. The fourth-order valence-corrected chi connectivity index (χ4v) is 2.41. The average molecular weight is 300 g/mol. The van der Waals surface area contributed by atoms with Crippen LogP contribution in [0.3, 0.4) is 0 Å². The highest BCUT2D eigenvalue weighted by Crippen LogP contribution is 2.29. The molecule has 0 saturated carbocycles. The fraction of sp³-hybridized carbons (Fsp3) is 0.500. The Labute approximate surface area is 130 Å². The number of carbonyl (C=O) groups is 1. The molecule has 2 heterocycles. The number of carbonyl (C=O) groups excluding carboxylic acids is 1. The molecule has 0 aromatic carbocycles. The van der Waals surface area contributed by atoms with E-state index in [9.17, 15) is 4.79 Å². The fourth-order valence-electron chi connectivity index (χ4n) is 2.41. The van der Waals surface area contributed by atoms with Crippen LogP contribution in [-0.2, 0) is 11.3 Å². The van der Waals surface area contributed by atoms with E-state index in [4.69, 9.17) is 10.00 Å². The van der Waals surface area contributed by atoms with Crippen LogP contribution in [0.1, 0.15) is 31.4 Å². The van der Waals surface area contributed by atoms with Crippen molar-refractivity contribution in [3.05, 3.63) is 23.5 Å². The Hall–Kier alpha value is -2.42. The second kappa shape index (κ2) is 6.56. The molecule has 116 valence electrons. The summed E-state index contributed by atoms with van der Waals surface area (Å²) in [6.07, 6.45) is 5.48. The molecule has 1 aromatic heterocycles. The summed E-state index contributed by atoms with van der Waals surface area (Å²) in [5, 5.41) is 9.12. The molecular weight excluding hydrogens is 280 g/mol. The Bertz CT molecular complexity index is 632. The topological polar surface area (TPSA) is 78.6 Å². The highest BCUT2D eigenvalue weighted by atomic mass is 16.5. The molecule has 1 aliphatic heterocycles. The van der Waals surface area contributed by atoms with Crippen molar-refractivity contribution in [2.75, 3.05) is 20.2 Å². The number of hydrogen-bond acceptors (Lipinski definition) is 5. The van der Waals surface area contributed by atoms with Crippen molar-refractivity contribution in [3.8, 4) is 11.8 Å². The number of hydrogen-bond donors (Lipinski definition) is 0. The summed E-state index contributed by atoms with van der Waals surface area (Å²) in [5.41, 5.74) is 0.652. The molecule has 1 aliphatic rings. The monoisotopic (exact) mass is 300 g/mol. The summed E-state index contributed by atoms with van der Waals surface area (Å²) in [6.45, 7) is 5.09. The zero-order valence-corrected chi connectivity index (χ0v) is 13.2. The van der Waals surface area contributed by atoms with Gasteiger partial charge in [0.1, 0.15) is 24.0 Å². The van der Waals surface area contributed by atoms with Crippen molar-refractivity contribution < 1.29 is 9.53 Å². The van der Waals surface area contributed by atoms with Gasteiger partial charge in [-0.25, -0.2) is 0 Å². The van der Waals surface area contributed by atoms with E-state index in [2.05, 4.69) is 16.0 Å². The van der Waals surface area contributed by atoms with Crippen LogP contribution in [-0.4, -0.2) is 42.2 Å². The molecule has 0 unspecified atom stereocenters. The molecule has 1 aromatic rings. The Morgan fingerprint density at radius 2 is 2.36 bits per heavy atom. The summed E-state index contributed by atoms with van der Waals surface area (Å²) >= 11 is 0. The van der Waals surface area contributed by atoms with Gasteiger partial charge in [0.15, 0.2) is 0 Å². The first-order valence-electron chi connectivity index (χ1n) is 7.19. The number of fused-ring (bicyclic) bond motifs is 1. The smallest absolute Gasteiger partial charge is 0.229 e. The van der Waals surface area contributed by atoms with Crippen LogP contribution >= 0.6 is 0 Å². The number of aliphatic imine (C=N–C) groups is 1. The van der Waals surface area contributed by atoms with Crippen LogP contribution in [0.25, 0.3) is 0 Å². The van der Waals surface area contributed by atoms with Gasteiger partial charge < -0.3 is 14.6 Å². The second-order valence-corrected chi connectivity index (χ2v) is 5.89. The van der Waals surface area contributed by atoms with E-state index in [-0.39, 0.29) is 5.91 Å². The molecule has 2 rings (SSSR count). The van der Waals surface area contributed by atoms with Gasteiger partial charge in [0.25, 0.3) is 0 Å². The van der Waals surface area contributed by atoms with Gasteiger partial charge in [-0.05, 0) is 12.6 Å². The maximum absolute atomic E-state index is 12.8. The number of nitriles is 1. The quantitative estimate of drug-likeness (QED) is 0.797. The minimum absolute atomic E-state index is 0.0474. The van der Waals surface area contributed by atoms with Gasteiger partial charge in [-0.15, -0.1) is 0 Å². The number of aromatic nitrogens is 1. The highest BCUT2D eigenvalue weighted by Gasteiger charge is 2.33. The van der Waals surface area contributed by atoms with Crippen molar-refractivity contribution >= 4 is 12.1 Å². The lowest BCUT2D eigenvalue weighted by Crippen LogP contribution is -2.41. The normalized spacial score (nSPS) is 14.9. The Morgan fingerprint density at radius 3 is 3.05 bits per heavy atom. The third-order valence-electron chi connectivity index (χ3n) is 3.71. The molecule has 0 fully saturated rings. The molecular formula is C16H20N4O2. The number of amides is 1. The molecule has 6 heteroatoms. The third kappa shape index (κ3) is 3.25. The summed E-state index contributed by atoms with van der Waals surface area (Å²) in [5.74, 6) is 0.590. The predicted molar refractivity (Wildman–Crippen MR) is 82.7 cm³/mol. The van der Waals surface area contributed by atoms with Crippen LogP contribution in [0.2, 0.25) is 0 Å². The van der Waals surface area contributed by atoms with Gasteiger partial charge >= 0.3 is 0 Å². The third-order valence-corrected chi connectivity index (χ3v) is 3.71. The number of nitrogens with zero attached hydrogens (tertiary/aromatic N) is 4. The summed E-state index contributed by atoms with van der Waals surface area (Å²) in [6, 6.07) is 2.08. The van der Waals surface area contributed by atoms with E-state index < -0.39 is 5.41 Å². The van der Waals surface area contributed by atoms with Crippen molar-refractivity contribution in [1.29, 1.82) is 5.26 Å². The van der Waals surface area contributed by atoms with E-state index in [0.29, 0.717) is 37.4 Å². The zero-order valence-electron chi connectivity index (χ0n) is 13.2. The van der Waals surface area contributed by atoms with Gasteiger partial charge in [0, 0.05) is 30.4 Å². The van der Waals surface area contributed by atoms with E-state index in [1.165, 1.54) is 6.20 Å². The van der Waals surface area contributed by atoms with E-state index >= 15 is 0 Å². The van der Waals surface area contributed by atoms with Gasteiger partial charge in [-0.2, -0.15) is 5.26 Å². The van der Waals surface area contributed by atoms with Gasteiger partial charge in [0.2, 0.25) is 5.91 Å². The lowest BCUT2D eigenvalue weighted by Gasteiger charge is -2.29. The van der Waals surface area contributed by atoms with Crippen molar-refractivity contribution in [2.24, 2.45) is 10.4 Å². The zero-order chi connectivity index (χ0) is 16.2. The summed E-state index contributed by atoms with van der Waals surface area (Å²) in [7, 11) is 1.70. The van der Waals surface area contributed by atoms with Gasteiger partial charge in [0.05, 0.1) is 13.1 Å². The lowest BCUT2D eigenvalue weighted by molar-refractivity contribution is -0.140. The summed E-state index contributed by atoms with van der Waals surface area (Å²) < 4.78 is 5.66. The lowest BCUT2D eigenvalue weighted by atomic mass is 9.88. The first-order valence-corrected chi connectivity index (χ1v) is 7.19. The minimum Gasteiger partial charge on any atom is -0.490 e. The van der Waals surface area contributed by atoms with E-state index in [0.717, 1.165) is 5.56 Å². The van der Waals surface area contributed by atoms with Crippen LogP contribution in [0.15, 0.2) is 17.4 Å². The Balaban J connectivity index is 2.24. The van der Waals surface area contributed by atoms with Crippen molar-refractivity contribution in [3.63, 3.8) is 0 Å². The van der Waals surface area contributed by atoms with Crippen molar-refractivity contribution in [2.45, 2.75) is 26.8 Å². The predicted octanol–water partition coefficient (Wildman–Crippen LogP) is 1.79. The second-order valence-electron chi connectivity index (χ2n) is 5.89. The molecule has 0 radical (unpaired) electrons. The number of rotatable bonds is 3. The van der Waals surface area contributed by atoms with Gasteiger partial charge in [-0.1, -0.05) is 13.8 Å². The Kier molecular flexibility index (Phi) is 4.76. The van der Waals surface area contributed by atoms with Crippen LogP contribution in [0.4, 0.5) is 0 Å². The van der Waals surface area contributed by atoms with Crippen LogP contribution < -0.4 is 4.74 Å². The molecule has 6 nitrogen and oxygen atoms in total. The largest absolute Gasteiger partial charge is 0.490 e. The molecule has 0 N–H and O–H groups in total. The maximum Gasteiger partial charge on any atom is 0.229 e. The molecule has 0 bridgehead atoms. The average Bonchev–Trinajstić information content (AvgIpc) is 2.74. The SMILES string of the molecule is CN=CCC(C)(C)C(=O)N1CCOc2c(C#N)cncc2C1. The van der Waals surface area contributed by atoms with Crippen LogP contribution in [0, 0.1) is 16.7 Å². The van der Waals surface area contributed by atoms with E-state index in [1.807, 2.05) is 13.8 Å². The molecule has 0 atom stereocenters. The maximum atomic E-state index is 12.8. The number of ether oxygens (including phenoxy) is 1. The van der Waals surface area contributed by atoms with Crippen LogP contribution in [0.5, 0.6) is 5.75 Å². The Morgan fingerprint density at radius 1 is 1.59 bits per heavy atom. The number of pyridine rings is 1.